The predicted molar refractivity (Wildman–Crippen MR) is 142 cm³/mol. The van der Waals surface area contributed by atoms with E-state index in [2.05, 4.69) is 30.7 Å². The first-order valence-corrected chi connectivity index (χ1v) is 12.6. The average Bonchev–Trinajstić information content (AvgIpc) is 3.67. The normalized spacial score (nSPS) is 22.3. The van der Waals surface area contributed by atoms with Crippen molar-refractivity contribution in [1.82, 2.24) is 15.2 Å². The van der Waals surface area contributed by atoms with Gasteiger partial charge in [-0.1, -0.05) is 53.6 Å². The van der Waals surface area contributed by atoms with Gasteiger partial charge in [-0.05, 0) is 18.2 Å². The number of benzene rings is 2. The molecule has 10 nitrogen and oxygen atoms in total. The number of amides is 1. The summed E-state index contributed by atoms with van der Waals surface area (Å²) in [7, 11) is 0. The van der Waals surface area contributed by atoms with E-state index in [1.165, 1.54) is 0 Å². The van der Waals surface area contributed by atoms with E-state index in [1.807, 2.05) is 66.7 Å². The fourth-order valence-electron chi connectivity index (χ4n) is 5.36. The lowest BCUT2D eigenvalue weighted by Gasteiger charge is -2.20. The maximum Gasteiger partial charge on any atom is 0.317 e. The number of hydrogen-bond donors (Lipinski definition) is 2. The van der Waals surface area contributed by atoms with Gasteiger partial charge in [-0.3, -0.25) is 4.79 Å². The summed E-state index contributed by atoms with van der Waals surface area (Å²) in [5.41, 5.74) is 3.87. The molecular formula is C28H25N7O3. The lowest BCUT2D eigenvalue weighted by molar-refractivity contribution is -0.116. The largest absolute Gasteiger partial charge is 0.403 e. The second-order valence-corrected chi connectivity index (χ2v) is 9.67. The number of fused-ring (bicyclic) bond motifs is 2. The van der Waals surface area contributed by atoms with Crippen LogP contribution in [0.1, 0.15) is 11.1 Å². The second kappa shape index (κ2) is 9.38. The zero-order chi connectivity index (χ0) is 25.5. The Kier molecular flexibility index (Phi) is 5.58. The molecule has 10 heteroatoms. The number of carbonyl (C=O) groups is 1. The number of hydrogen-bond acceptors (Lipinski definition) is 9. The standard InChI is InChI=1S/C28H25N7O3/c36-26-24(31-23(17-7-2-1-3-8-17)20-9-4-5-11-22(20)30-26)32-28-34-33-27(38-28)21-10-6-12-29-25(21)35-13-18-15-37-16-19(18)14-35/h1-12,18-19,24H,13-16H2,(H,30,36)(H,32,34)/t18-,19?,24?/m1/s1. The highest BCUT2D eigenvalue weighted by atomic mass is 16.5. The molecule has 2 unspecified atom stereocenters. The van der Waals surface area contributed by atoms with Crippen LogP contribution in [0.2, 0.25) is 0 Å². The highest BCUT2D eigenvalue weighted by Crippen LogP contribution is 2.36. The van der Waals surface area contributed by atoms with Crippen LogP contribution in [-0.4, -0.2) is 59.3 Å². The molecule has 2 N–H and O–H groups in total. The van der Waals surface area contributed by atoms with Gasteiger partial charge in [0, 0.05) is 42.2 Å². The summed E-state index contributed by atoms with van der Waals surface area (Å²) < 4.78 is 11.6. The third-order valence-corrected chi connectivity index (χ3v) is 7.24. The molecule has 38 heavy (non-hydrogen) atoms. The SMILES string of the molecule is O=C1Nc2ccccc2C(c2ccccc2)=NC1Nc1nnc(-c2cccnc2N2CC3COC[C@H]3C2)o1. The number of aromatic nitrogens is 3. The van der Waals surface area contributed by atoms with Crippen molar-refractivity contribution in [3.63, 3.8) is 0 Å². The maximum atomic E-state index is 13.2. The number of benzodiazepines with no additional fused rings is 1. The van der Waals surface area contributed by atoms with Crippen LogP contribution in [0.15, 0.2) is 82.3 Å². The molecule has 190 valence electrons. The Morgan fingerprint density at radius 3 is 2.50 bits per heavy atom. The molecule has 7 rings (SSSR count). The molecule has 1 amide bonds. The average molecular weight is 508 g/mol. The van der Waals surface area contributed by atoms with Gasteiger partial charge >= 0.3 is 6.01 Å². The van der Waals surface area contributed by atoms with E-state index in [0.717, 1.165) is 48.8 Å². The number of carbonyl (C=O) groups excluding carboxylic acids is 1. The molecule has 2 aromatic carbocycles. The van der Waals surface area contributed by atoms with E-state index < -0.39 is 6.17 Å². The molecule has 0 bridgehead atoms. The quantitative estimate of drug-likeness (QED) is 0.422. The van der Waals surface area contributed by atoms with Gasteiger partial charge in [-0.15, -0.1) is 5.10 Å². The van der Waals surface area contributed by atoms with Crippen LogP contribution in [-0.2, 0) is 9.53 Å². The Morgan fingerprint density at radius 2 is 1.66 bits per heavy atom. The molecule has 3 atom stereocenters. The van der Waals surface area contributed by atoms with Crippen LogP contribution in [0.3, 0.4) is 0 Å². The van der Waals surface area contributed by atoms with Gasteiger partial charge < -0.3 is 24.7 Å². The molecule has 0 radical (unpaired) electrons. The zero-order valence-corrected chi connectivity index (χ0v) is 20.4. The Hall–Kier alpha value is -4.57. The molecule has 0 spiro atoms. The van der Waals surface area contributed by atoms with Crippen molar-refractivity contribution in [3.05, 3.63) is 84.1 Å². The van der Waals surface area contributed by atoms with Gasteiger partial charge in [0.15, 0.2) is 0 Å². The molecule has 5 heterocycles. The first kappa shape index (κ1) is 22.6. The number of nitrogens with zero attached hydrogens (tertiary/aromatic N) is 5. The van der Waals surface area contributed by atoms with Crippen molar-refractivity contribution in [1.29, 1.82) is 0 Å². The molecule has 2 aromatic heterocycles. The van der Waals surface area contributed by atoms with Crippen molar-refractivity contribution >= 4 is 29.1 Å². The van der Waals surface area contributed by atoms with E-state index in [0.29, 0.717) is 29.1 Å². The van der Waals surface area contributed by atoms with Crippen molar-refractivity contribution < 1.29 is 13.9 Å². The van der Waals surface area contributed by atoms with Gasteiger partial charge in [0.25, 0.3) is 11.8 Å². The first-order chi connectivity index (χ1) is 18.7. The van der Waals surface area contributed by atoms with Crippen molar-refractivity contribution in [2.45, 2.75) is 6.17 Å². The molecule has 3 aliphatic rings. The van der Waals surface area contributed by atoms with Crippen LogP contribution < -0.4 is 15.5 Å². The molecular weight excluding hydrogens is 482 g/mol. The highest BCUT2D eigenvalue weighted by Gasteiger charge is 2.38. The molecule has 0 aliphatic carbocycles. The lowest BCUT2D eigenvalue weighted by atomic mass is 10.0. The van der Waals surface area contributed by atoms with Gasteiger partial charge in [0.05, 0.1) is 30.2 Å². The van der Waals surface area contributed by atoms with Crippen LogP contribution in [0.25, 0.3) is 11.5 Å². The smallest absolute Gasteiger partial charge is 0.317 e. The Labute approximate surface area is 218 Å². The molecule has 4 aromatic rings. The van der Waals surface area contributed by atoms with E-state index in [-0.39, 0.29) is 11.9 Å². The lowest BCUT2D eigenvalue weighted by Crippen LogP contribution is -2.32. The minimum atomic E-state index is -0.975. The van der Waals surface area contributed by atoms with Crippen LogP contribution >= 0.6 is 0 Å². The summed E-state index contributed by atoms with van der Waals surface area (Å²) in [6.07, 6.45) is 0.795. The van der Waals surface area contributed by atoms with Gasteiger partial charge in [0.1, 0.15) is 5.82 Å². The van der Waals surface area contributed by atoms with Gasteiger partial charge in [0.2, 0.25) is 6.17 Å². The van der Waals surface area contributed by atoms with E-state index in [1.54, 1.807) is 6.20 Å². The zero-order valence-electron chi connectivity index (χ0n) is 20.4. The third kappa shape index (κ3) is 4.08. The van der Waals surface area contributed by atoms with E-state index in [9.17, 15) is 4.79 Å². The molecule has 2 saturated heterocycles. The Morgan fingerprint density at radius 1 is 0.895 bits per heavy atom. The summed E-state index contributed by atoms with van der Waals surface area (Å²) in [6, 6.07) is 21.3. The van der Waals surface area contributed by atoms with Crippen LogP contribution in [0.4, 0.5) is 17.5 Å². The summed E-state index contributed by atoms with van der Waals surface area (Å²) in [6.45, 7) is 3.34. The van der Waals surface area contributed by atoms with Crippen molar-refractivity contribution in [2.75, 3.05) is 41.8 Å². The number of pyridine rings is 1. The second-order valence-electron chi connectivity index (χ2n) is 9.67. The maximum absolute atomic E-state index is 13.2. The number of nitrogens with one attached hydrogen (secondary N) is 2. The van der Waals surface area contributed by atoms with Gasteiger partial charge in [-0.2, -0.15) is 0 Å². The van der Waals surface area contributed by atoms with Crippen LogP contribution in [0, 0.1) is 11.8 Å². The predicted octanol–water partition coefficient (Wildman–Crippen LogP) is 3.44. The third-order valence-electron chi connectivity index (χ3n) is 7.24. The van der Waals surface area contributed by atoms with E-state index in [4.69, 9.17) is 14.1 Å². The topological polar surface area (TPSA) is 118 Å². The summed E-state index contributed by atoms with van der Waals surface area (Å²) in [4.78, 5) is 24.8. The number of aliphatic imine (C=N–C) groups is 1. The summed E-state index contributed by atoms with van der Waals surface area (Å²) in [5.74, 6) is 1.84. The van der Waals surface area contributed by atoms with Gasteiger partial charge in [-0.25, -0.2) is 9.98 Å². The fourth-order valence-corrected chi connectivity index (χ4v) is 5.36. The highest BCUT2D eigenvalue weighted by molar-refractivity contribution is 6.19. The van der Waals surface area contributed by atoms with Crippen LogP contribution in [0.5, 0.6) is 0 Å². The number of anilines is 3. The minimum Gasteiger partial charge on any atom is -0.403 e. The number of para-hydroxylation sites is 1. The van der Waals surface area contributed by atoms with E-state index >= 15 is 0 Å². The van der Waals surface area contributed by atoms with Crippen molar-refractivity contribution in [3.8, 4) is 11.5 Å². The molecule has 0 saturated carbocycles. The Bertz CT molecular complexity index is 1510. The van der Waals surface area contributed by atoms with Crippen molar-refractivity contribution in [2.24, 2.45) is 16.8 Å². The number of ether oxygens (including phenoxy) is 1. The Balaban J connectivity index is 1.18. The monoisotopic (exact) mass is 507 g/mol. The number of rotatable bonds is 5. The molecule has 2 fully saturated rings. The summed E-state index contributed by atoms with van der Waals surface area (Å²) >= 11 is 0. The molecule has 3 aliphatic heterocycles. The summed E-state index contributed by atoms with van der Waals surface area (Å²) in [5, 5.41) is 14.4. The minimum absolute atomic E-state index is 0.101. The fraction of sp³-hybridized carbons (Fsp3) is 0.250. The first-order valence-electron chi connectivity index (χ1n) is 12.6.